The van der Waals surface area contributed by atoms with E-state index in [1.807, 2.05) is 54.7 Å². The third kappa shape index (κ3) is 5.24. The van der Waals surface area contributed by atoms with Crippen molar-refractivity contribution in [3.63, 3.8) is 0 Å². The van der Waals surface area contributed by atoms with Gasteiger partial charge in [0.15, 0.2) is 11.5 Å². The Hall–Kier alpha value is -4.60. The minimum atomic E-state index is -3.68. The van der Waals surface area contributed by atoms with Crippen LogP contribution in [0.3, 0.4) is 0 Å². The van der Waals surface area contributed by atoms with E-state index in [0.717, 1.165) is 22.1 Å². The van der Waals surface area contributed by atoms with Crippen molar-refractivity contribution in [2.75, 3.05) is 20.2 Å². The molecule has 0 atom stereocenters. The van der Waals surface area contributed by atoms with E-state index in [1.165, 1.54) is 0 Å². The average molecular weight is 582 g/mol. The molecule has 1 fully saturated rings. The number of carbonyl (C=O) groups excluding carboxylic acids is 1. The number of methoxy groups -OCH3 is 1. The van der Waals surface area contributed by atoms with Crippen molar-refractivity contribution >= 4 is 26.8 Å². The van der Waals surface area contributed by atoms with Crippen LogP contribution >= 0.6 is 0 Å². The molecular formula is C33H31N3O5S. The summed E-state index contributed by atoms with van der Waals surface area (Å²) in [6.45, 7) is 0.778. The molecule has 0 unspecified atom stereocenters. The summed E-state index contributed by atoms with van der Waals surface area (Å²) in [7, 11) is -2.11. The number of nitrogens with one attached hydrogen (secondary N) is 1. The fraction of sp³-hybridized carbons (Fsp3) is 0.182. The van der Waals surface area contributed by atoms with Gasteiger partial charge in [-0.15, -0.1) is 0 Å². The van der Waals surface area contributed by atoms with Gasteiger partial charge in [-0.3, -0.25) is 4.79 Å². The second kappa shape index (κ2) is 11.3. The number of rotatable bonds is 8. The van der Waals surface area contributed by atoms with Crippen LogP contribution in [0.25, 0.3) is 22.0 Å². The largest absolute Gasteiger partial charge is 0.493 e. The molecule has 6 rings (SSSR count). The predicted molar refractivity (Wildman–Crippen MR) is 162 cm³/mol. The molecule has 1 aliphatic heterocycles. The molecule has 1 aromatic heterocycles. The number of nitrogens with zero attached hydrogens (tertiary/aromatic N) is 1. The summed E-state index contributed by atoms with van der Waals surface area (Å²) in [6.07, 6.45) is 3.24. The number of nitrogens with two attached hydrogens (primary N) is 1. The first-order valence-electron chi connectivity index (χ1n) is 13.8. The van der Waals surface area contributed by atoms with Crippen LogP contribution < -0.4 is 15.2 Å². The summed E-state index contributed by atoms with van der Waals surface area (Å²) >= 11 is 0. The van der Waals surface area contributed by atoms with Crippen molar-refractivity contribution in [3.8, 4) is 28.4 Å². The summed E-state index contributed by atoms with van der Waals surface area (Å²) in [5.74, 6) is 1.30. The van der Waals surface area contributed by atoms with E-state index < -0.39 is 15.9 Å². The lowest BCUT2D eigenvalue weighted by molar-refractivity contribution is 0.100. The van der Waals surface area contributed by atoms with Crippen LogP contribution in [0.1, 0.15) is 34.7 Å². The summed E-state index contributed by atoms with van der Waals surface area (Å²) in [5, 5.41) is 0.942. The third-order valence-electron chi connectivity index (χ3n) is 7.85. The van der Waals surface area contributed by atoms with Crippen molar-refractivity contribution in [2.24, 2.45) is 5.73 Å². The van der Waals surface area contributed by atoms with Gasteiger partial charge < -0.3 is 20.2 Å². The number of ether oxygens (including phenoxy) is 2. The molecule has 4 aromatic carbocycles. The van der Waals surface area contributed by atoms with Gasteiger partial charge in [0.25, 0.3) is 5.91 Å². The zero-order valence-corrected chi connectivity index (χ0v) is 23.9. The van der Waals surface area contributed by atoms with Gasteiger partial charge in [-0.2, -0.15) is 4.31 Å². The van der Waals surface area contributed by atoms with E-state index >= 15 is 0 Å². The molecule has 2 heterocycles. The zero-order chi connectivity index (χ0) is 29.3. The van der Waals surface area contributed by atoms with E-state index in [9.17, 15) is 13.2 Å². The molecule has 0 aliphatic carbocycles. The van der Waals surface area contributed by atoms with Gasteiger partial charge in [-0.25, -0.2) is 8.42 Å². The second-order valence-corrected chi connectivity index (χ2v) is 12.3. The number of hydrogen-bond donors (Lipinski definition) is 2. The van der Waals surface area contributed by atoms with E-state index in [0.29, 0.717) is 54.3 Å². The van der Waals surface area contributed by atoms with E-state index in [2.05, 4.69) is 11.1 Å². The highest BCUT2D eigenvalue weighted by Crippen LogP contribution is 2.38. The Bertz CT molecular complexity index is 1840. The molecule has 5 aromatic rings. The first kappa shape index (κ1) is 27.6. The molecule has 0 radical (unpaired) electrons. The Morgan fingerprint density at radius 3 is 2.21 bits per heavy atom. The van der Waals surface area contributed by atoms with Crippen LogP contribution in [0, 0.1) is 0 Å². The van der Waals surface area contributed by atoms with E-state index in [-0.39, 0.29) is 10.8 Å². The maximum atomic E-state index is 13.5. The lowest BCUT2D eigenvalue weighted by Gasteiger charge is -2.31. The zero-order valence-electron chi connectivity index (χ0n) is 23.1. The van der Waals surface area contributed by atoms with Crippen LogP contribution in [0.4, 0.5) is 0 Å². The summed E-state index contributed by atoms with van der Waals surface area (Å²) in [6, 6.07) is 27.5. The minimum Gasteiger partial charge on any atom is -0.493 e. The van der Waals surface area contributed by atoms with E-state index in [4.69, 9.17) is 15.2 Å². The molecule has 0 saturated carbocycles. The fourth-order valence-electron chi connectivity index (χ4n) is 5.65. The minimum absolute atomic E-state index is 0.133. The molecule has 3 N–H and O–H groups in total. The molecule has 1 saturated heterocycles. The highest BCUT2D eigenvalue weighted by molar-refractivity contribution is 7.89. The van der Waals surface area contributed by atoms with Crippen LogP contribution in [0.5, 0.6) is 17.2 Å². The van der Waals surface area contributed by atoms with E-state index in [1.54, 1.807) is 47.8 Å². The maximum Gasteiger partial charge on any atom is 0.250 e. The predicted octanol–water partition coefficient (Wildman–Crippen LogP) is 6.30. The lowest BCUT2D eigenvalue weighted by Crippen LogP contribution is -2.37. The Morgan fingerprint density at radius 2 is 1.55 bits per heavy atom. The molecule has 9 heteroatoms. The molecule has 8 nitrogen and oxygen atoms in total. The average Bonchev–Trinajstić information content (AvgIpc) is 3.45. The normalized spacial score (nSPS) is 14.6. The Balaban J connectivity index is 1.19. The second-order valence-electron chi connectivity index (χ2n) is 10.3. The topological polar surface area (TPSA) is 115 Å². The number of primary amides is 1. The number of amides is 1. The number of para-hydroxylation sites is 2. The van der Waals surface area contributed by atoms with Crippen molar-refractivity contribution in [1.29, 1.82) is 0 Å². The third-order valence-corrected chi connectivity index (χ3v) is 9.76. The number of H-pyrrole nitrogens is 1. The number of benzene rings is 4. The number of fused-ring (bicyclic) bond motifs is 1. The molecule has 42 heavy (non-hydrogen) atoms. The van der Waals surface area contributed by atoms with Crippen molar-refractivity contribution in [1.82, 2.24) is 9.29 Å². The Morgan fingerprint density at radius 1 is 0.881 bits per heavy atom. The van der Waals surface area contributed by atoms with Crippen molar-refractivity contribution in [3.05, 3.63) is 108 Å². The number of sulfonamides is 1. The molecule has 0 bridgehead atoms. The van der Waals surface area contributed by atoms with Crippen LogP contribution in [-0.2, 0) is 10.0 Å². The van der Waals surface area contributed by atoms with Crippen LogP contribution in [0.2, 0.25) is 0 Å². The van der Waals surface area contributed by atoms with Crippen molar-refractivity contribution in [2.45, 2.75) is 23.7 Å². The van der Waals surface area contributed by atoms with Gasteiger partial charge in [-0.05, 0) is 84.0 Å². The van der Waals surface area contributed by atoms with Crippen LogP contribution in [-0.4, -0.2) is 43.8 Å². The number of aromatic nitrogens is 1. The van der Waals surface area contributed by atoms with Gasteiger partial charge in [-0.1, -0.05) is 42.5 Å². The smallest absolute Gasteiger partial charge is 0.250 e. The fourth-order valence-corrected chi connectivity index (χ4v) is 7.12. The Labute approximate surface area is 244 Å². The van der Waals surface area contributed by atoms with Gasteiger partial charge in [0.1, 0.15) is 5.75 Å². The molecule has 1 aliphatic rings. The molecule has 214 valence electrons. The lowest BCUT2D eigenvalue weighted by atomic mass is 9.88. The molecular weight excluding hydrogens is 550 g/mol. The monoisotopic (exact) mass is 581 g/mol. The Kier molecular flexibility index (Phi) is 7.45. The van der Waals surface area contributed by atoms with Gasteiger partial charge in [0.2, 0.25) is 10.0 Å². The SMILES string of the molecule is COc1ccccc1Oc1ccc(S(=O)(=O)N2CCC(c3c[nH]c4c(C(N)=O)cc(-c5ccccc5)cc34)CC2)cc1. The number of aromatic amines is 1. The highest BCUT2D eigenvalue weighted by Gasteiger charge is 2.31. The number of hydrogen-bond acceptors (Lipinski definition) is 5. The standard InChI is InChI=1S/C33H31N3O5S/c1-40-30-9-5-6-10-31(30)41-25-11-13-26(14-12-25)42(38,39)36-17-15-23(16-18-36)29-21-35-32-27(29)19-24(20-28(32)33(34)37)22-7-3-2-4-8-22/h2-14,19-21,23,35H,15-18H2,1H3,(H2,34,37). The number of carbonyl (C=O) groups is 1. The quantitative estimate of drug-likeness (QED) is 0.223. The van der Waals surface area contributed by atoms with Gasteiger partial charge in [0.05, 0.1) is 23.1 Å². The van der Waals surface area contributed by atoms with Crippen molar-refractivity contribution < 1.29 is 22.7 Å². The van der Waals surface area contributed by atoms with Gasteiger partial charge >= 0.3 is 0 Å². The molecule has 1 amide bonds. The first-order valence-corrected chi connectivity index (χ1v) is 15.2. The summed E-state index contributed by atoms with van der Waals surface area (Å²) < 4.78 is 39.7. The van der Waals surface area contributed by atoms with Crippen LogP contribution in [0.15, 0.2) is 102 Å². The number of piperidine rings is 1. The summed E-state index contributed by atoms with van der Waals surface area (Å²) in [4.78, 5) is 15.8. The maximum absolute atomic E-state index is 13.5. The summed E-state index contributed by atoms with van der Waals surface area (Å²) in [5.41, 5.74) is 9.88. The van der Waals surface area contributed by atoms with Gasteiger partial charge in [0, 0.05) is 24.7 Å². The highest BCUT2D eigenvalue weighted by atomic mass is 32.2. The first-order chi connectivity index (χ1) is 20.3. The molecule has 0 spiro atoms.